The van der Waals surface area contributed by atoms with Crippen LogP contribution in [0.2, 0.25) is 0 Å². The molecule has 0 spiro atoms. The van der Waals surface area contributed by atoms with Crippen molar-refractivity contribution in [2.75, 3.05) is 18.4 Å². The first kappa shape index (κ1) is 18.7. The third kappa shape index (κ3) is 4.09. The van der Waals surface area contributed by atoms with Crippen LogP contribution in [-0.2, 0) is 29.1 Å². The number of nitrogens with zero attached hydrogens (tertiary/aromatic N) is 3. The van der Waals surface area contributed by atoms with Crippen molar-refractivity contribution in [1.82, 2.24) is 19.8 Å². The van der Waals surface area contributed by atoms with Crippen molar-refractivity contribution >= 4 is 17.6 Å². The molecule has 0 unspecified atom stereocenters. The van der Waals surface area contributed by atoms with Gasteiger partial charge in [0.05, 0.1) is 18.7 Å². The summed E-state index contributed by atoms with van der Waals surface area (Å²) in [5.74, 6) is 1.53. The van der Waals surface area contributed by atoms with Gasteiger partial charge in [-0.2, -0.15) is 0 Å². The van der Waals surface area contributed by atoms with Crippen molar-refractivity contribution in [2.45, 2.75) is 51.7 Å². The Hall–Kier alpha value is -2.67. The smallest absolute Gasteiger partial charge is 0.237 e. The fraction of sp³-hybridized carbons (Fsp3) is 0.476. The Morgan fingerprint density at radius 1 is 1.25 bits per heavy atom. The topological polar surface area (TPSA) is 79.3 Å². The van der Waals surface area contributed by atoms with Crippen molar-refractivity contribution in [3.05, 3.63) is 47.4 Å². The van der Waals surface area contributed by atoms with E-state index in [-0.39, 0.29) is 18.2 Å². The first-order valence-electron chi connectivity index (χ1n) is 10.0. The Labute approximate surface area is 165 Å². The van der Waals surface area contributed by atoms with E-state index in [1.54, 1.807) is 6.20 Å². The molecule has 0 bridgehead atoms. The van der Waals surface area contributed by atoms with Gasteiger partial charge in [0.15, 0.2) is 0 Å². The number of anilines is 1. The number of piperazine rings is 1. The van der Waals surface area contributed by atoms with Crippen molar-refractivity contribution < 1.29 is 9.59 Å². The van der Waals surface area contributed by atoms with Gasteiger partial charge in [-0.3, -0.25) is 14.5 Å². The normalized spacial score (nSPS) is 19.8. The number of aromatic nitrogens is 2. The van der Waals surface area contributed by atoms with E-state index in [1.165, 1.54) is 5.56 Å². The molecule has 1 saturated heterocycles. The second-order valence-electron chi connectivity index (χ2n) is 7.68. The molecule has 2 N–H and O–H groups in total. The summed E-state index contributed by atoms with van der Waals surface area (Å²) in [7, 11) is 0. The zero-order valence-corrected chi connectivity index (χ0v) is 16.3. The molecule has 0 radical (unpaired) electrons. The molecule has 0 saturated carbocycles. The first-order valence-corrected chi connectivity index (χ1v) is 10.0. The van der Waals surface area contributed by atoms with Crippen molar-refractivity contribution in [1.29, 1.82) is 0 Å². The Morgan fingerprint density at radius 3 is 2.89 bits per heavy atom. The largest absolute Gasteiger partial charge is 0.353 e. The zero-order chi connectivity index (χ0) is 19.5. The number of carbonyl (C=O) groups is 2. The predicted molar refractivity (Wildman–Crippen MR) is 107 cm³/mol. The van der Waals surface area contributed by atoms with Gasteiger partial charge in [-0.05, 0) is 25.3 Å². The molecule has 2 aliphatic rings. The molecule has 7 nitrogen and oxygen atoms in total. The van der Waals surface area contributed by atoms with Gasteiger partial charge in [-0.1, -0.05) is 29.8 Å². The molecule has 7 heteroatoms. The van der Waals surface area contributed by atoms with E-state index in [0.717, 1.165) is 49.6 Å². The number of hydrogen-bond donors (Lipinski definition) is 2. The van der Waals surface area contributed by atoms with Crippen LogP contribution in [0.5, 0.6) is 0 Å². The number of aryl methyl sites for hydroxylation is 2. The second kappa shape index (κ2) is 8.14. The third-order valence-corrected chi connectivity index (χ3v) is 5.56. The van der Waals surface area contributed by atoms with E-state index in [1.807, 2.05) is 0 Å². The maximum atomic E-state index is 12.7. The Balaban J connectivity index is 1.43. The fourth-order valence-electron chi connectivity index (χ4n) is 3.99. The van der Waals surface area contributed by atoms with Crippen molar-refractivity contribution in [3.8, 4) is 0 Å². The van der Waals surface area contributed by atoms with E-state index in [9.17, 15) is 9.59 Å². The summed E-state index contributed by atoms with van der Waals surface area (Å²) in [4.78, 5) is 31.7. The van der Waals surface area contributed by atoms with Gasteiger partial charge in [-0.15, -0.1) is 0 Å². The number of hydrogen-bond acceptors (Lipinski definition) is 4. The molecule has 3 heterocycles. The molecule has 0 aliphatic carbocycles. The predicted octanol–water partition coefficient (Wildman–Crippen LogP) is 1.86. The summed E-state index contributed by atoms with van der Waals surface area (Å²) in [5, 5.41) is 5.86. The summed E-state index contributed by atoms with van der Waals surface area (Å²) in [6.45, 7) is 4.95. The molecule has 1 fully saturated rings. The zero-order valence-electron chi connectivity index (χ0n) is 16.3. The molecule has 28 heavy (non-hydrogen) atoms. The van der Waals surface area contributed by atoms with Gasteiger partial charge in [0.2, 0.25) is 11.8 Å². The molecular weight excluding hydrogens is 354 g/mol. The Kier molecular flexibility index (Phi) is 5.43. The molecule has 2 aromatic rings. The Morgan fingerprint density at radius 2 is 2.07 bits per heavy atom. The maximum absolute atomic E-state index is 12.7. The molecule has 2 amide bonds. The van der Waals surface area contributed by atoms with Crippen LogP contribution in [0.1, 0.15) is 36.2 Å². The van der Waals surface area contributed by atoms with E-state index >= 15 is 0 Å². The van der Waals surface area contributed by atoms with Crippen LogP contribution in [0.15, 0.2) is 30.5 Å². The molecule has 1 aromatic heterocycles. The molecule has 4 rings (SSSR count). The van der Waals surface area contributed by atoms with Crippen LogP contribution in [-0.4, -0.2) is 45.4 Å². The first-order chi connectivity index (χ1) is 13.6. The minimum Gasteiger partial charge on any atom is -0.353 e. The number of amides is 2. The quantitative estimate of drug-likeness (QED) is 0.829. The van der Waals surface area contributed by atoms with Gasteiger partial charge in [0.1, 0.15) is 11.6 Å². The highest BCUT2D eigenvalue weighted by molar-refractivity contribution is 5.95. The summed E-state index contributed by atoms with van der Waals surface area (Å²) in [6, 6.07) is 7.85. The number of benzene rings is 1. The van der Waals surface area contributed by atoms with Crippen molar-refractivity contribution in [3.63, 3.8) is 0 Å². The van der Waals surface area contributed by atoms with E-state index in [4.69, 9.17) is 0 Å². The number of fused-ring (bicyclic) bond motifs is 1. The molecular formula is C21H27N5O2. The van der Waals surface area contributed by atoms with E-state index in [0.29, 0.717) is 13.1 Å². The van der Waals surface area contributed by atoms with Crippen LogP contribution in [0.25, 0.3) is 0 Å². The standard InChI is InChI=1S/C21H27N5O2/c1-15-5-7-16(8-6-15)14-25-11-9-22-21(28)17(25)12-20(27)24-19-13-23-18-4-2-3-10-26(18)19/h5-8,13,17H,2-4,9-12,14H2,1H3,(H,22,28)(H,24,27)/t17-/m1/s1. The highest BCUT2D eigenvalue weighted by atomic mass is 16.2. The summed E-state index contributed by atoms with van der Waals surface area (Å²) >= 11 is 0. The molecule has 1 atom stereocenters. The van der Waals surface area contributed by atoms with E-state index in [2.05, 4.69) is 56.3 Å². The molecule has 2 aliphatic heterocycles. The lowest BCUT2D eigenvalue weighted by atomic mass is 10.1. The second-order valence-corrected chi connectivity index (χ2v) is 7.68. The lowest BCUT2D eigenvalue weighted by Crippen LogP contribution is -2.55. The third-order valence-electron chi connectivity index (χ3n) is 5.56. The highest BCUT2D eigenvalue weighted by Gasteiger charge is 2.32. The number of imidazole rings is 1. The van der Waals surface area contributed by atoms with Crippen LogP contribution < -0.4 is 10.6 Å². The fourth-order valence-corrected chi connectivity index (χ4v) is 3.99. The van der Waals surface area contributed by atoms with E-state index < -0.39 is 6.04 Å². The van der Waals surface area contributed by atoms with Gasteiger partial charge in [0, 0.05) is 32.6 Å². The highest BCUT2D eigenvalue weighted by Crippen LogP contribution is 2.20. The lowest BCUT2D eigenvalue weighted by molar-refractivity contribution is -0.132. The van der Waals surface area contributed by atoms with Gasteiger partial charge >= 0.3 is 0 Å². The summed E-state index contributed by atoms with van der Waals surface area (Å²) < 4.78 is 2.08. The minimum absolute atomic E-state index is 0.0798. The number of carbonyl (C=O) groups excluding carboxylic acids is 2. The van der Waals surface area contributed by atoms with Gasteiger partial charge in [0.25, 0.3) is 0 Å². The Bertz CT molecular complexity index is 858. The van der Waals surface area contributed by atoms with Gasteiger partial charge < -0.3 is 15.2 Å². The van der Waals surface area contributed by atoms with Crippen LogP contribution in [0, 0.1) is 6.92 Å². The summed E-state index contributed by atoms with van der Waals surface area (Å²) in [5.41, 5.74) is 2.36. The average molecular weight is 381 g/mol. The summed E-state index contributed by atoms with van der Waals surface area (Å²) in [6.07, 6.45) is 5.05. The average Bonchev–Trinajstić information content (AvgIpc) is 3.09. The van der Waals surface area contributed by atoms with Crippen LogP contribution in [0.4, 0.5) is 5.82 Å². The molecule has 148 valence electrons. The molecule has 1 aromatic carbocycles. The van der Waals surface area contributed by atoms with Gasteiger partial charge in [-0.25, -0.2) is 4.98 Å². The lowest BCUT2D eigenvalue weighted by Gasteiger charge is -2.34. The number of rotatable bonds is 5. The van der Waals surface area contributed by atoms with Crippen LogP contribution >= 0.6 is 0 Å². The van der Waals surface area contributed by atoms with Crippen LogP contribution in [0.3, 0.4) is 0 Å². The SMILES string of the molecule is Cc1ccc(CN2CCNC(=O)[C@H]2CC(=O)Nc2cnc3n2CCCC3)cc1. The monoisotopic (exact) mass is 381 g/mol. The minimum atomic E-state index is -0.459. The maximum Gasteiger partial charge on any atom is 0.237 e. The van der Waals surface area contributed by atoms with Crippen molar-refractivity contribution in [2.24, 2.45) is 0 Å². The number of nitrogens with one attached hydrogen (secondary N) is 2.